The Bertz CT molecular complexity index is 651. The molecule has 0 fully saturated rings. The third kappa shape index (κ3) is 5.29. The SMILES string of the molecule is C=CCOC(OC(C)=O)C(=O)c1cc(=O)[nH]c(NC(C)=O)n1. The summed E-state index contributed by atoms with van der Waals surface area (Å²) in [6, 6.07) is 0.904. The number of rotatable bonds is 7. The Morgan fingerprint density at radius 3 is 2.68 bits per heavy atom. The quantitative estimate of drug-likeness (QED) is 0.314. The highest BCUT2D eigenvalue weighted by molar-refractivity contribution is 5.98. The Hall–Kier alpha value is -2.81. The summed E-state index contributed by atoms with van der Waals surface area (Å²) in [7, 11) is 0. The highest BCUT2D eigenvalue weighted by Gasteiger charge is 2.25. The number of anilines is 1. The maximum atomic E-state index is 12.2. The van der Waals surface area contributed by atoms with Gasteiger partial charge in [0.25, 0.3) is 11.8 Å². The molecule has 1 aromatic heterocycles. The van der Waals surface area contributed by atoms with Crippen molar-refractivity contribution >= 4 is 23.6 Å². The van der Waals surface area contributed by atoms with E-state index in [1.54, 1.807) is 0 Å². The Balaban J connectivity index is 3.08. The van der Waals surface area contributed by atoms with Crippen molar-refractivity contribution in [3.63, 3.8) is 0 Å². The summed E-state index contributed by atoms with van der Waals surface area (Å²) in [5.41, 5.74) is -0.977. The monoisotopic (exact) mass is 309 g/mol. The smallest absolute Gasteiger partial charge is 0.305 e. The number of nitrogens with one attached hydrogen (secondary N) is 2. The zero-order chi connectivity index (χ0) is 16.7. The largest absolute Gasteiger partial charge is 0.428 e. The van der Waals surface area contributed by atoms with Gasteiger partial charge in [-0.1, -0.05) is 6.08 Å². The predicted octanol–water partition coefficient (Wildman–Crippen LogP) is 0.00280. The van der Waals surface area contributed by atoms with Crippen LogP contribution >= 0.6 is 0 Å². The molecule has 0 saturated carbocycles. The standard InChI is InChI=1S/C13H15N3O6/c1-4-5-21-12(22-8(3)18)11(20)9-6-10(19)16-13(15-9)14-7(2)17/h4,6,12H,1,5H2,2-3H3,(H2,14,15,16,17,19). The minimum atomic E-state index is -1.56. The van der Waals surface area contributed by atoms with E-state index in [9.17, 15) is 19.2 Å². The van der Waals surface area contributed by atoms with Crippen molar-refractivity contribution < 1.29 is 23.9 Å². The predicted molar refractivity (Wildman–Crippen MR) is 75.2 cm³/mol. The molecule has 1 aromatic rings. The number of Topliss-reactive ketones (excluding diaryl/α,β-unsaturated/α-hetero) is 1. The summed E-state index contributed by atoms with van der Waals surface area (Å²) < 4.78 is 9.76. The van der Waals surface area contributed by atoms with Crippen LogP contribution in [0.3, 0.4) is 0 Å². The lowest BCUT2D eigenvalue weighted by Gasteiger charge is -2.15. The third-order valence-electron chi connectivity index (χ3n) is 2.14. The van der Waals surface area contributed by atoms with Crippen LogP contribution in [0.1, 0.15) is 24.3 Å². The molecular weight excluding hydrogens is 294 g/mol. The molecule has 1 heterocycles. The highest BCUT2D eigenvalue weighted by Crippen LogP contribution is 2.07. The van der Waals surface area contributed by atoms with E-state index < -0.39 is 29.5 Å². The number of hydrogen-bond donors (Lipinski definition) is 2. The molecule has 0 aliphatic rings. The average molecular weight is 309 g/mol. The van der Waals surface area contributed by atoms with Gasteiger partial charge < -0.3 is 9.47 Å². The molecule has 1 unspecified atom stereocenters. The molecule has 0 bridgehead atoms. The molecule has 0 spiro atoms. The van der Waals surface area contributed by atoms with Gasteiger partial charge in [0.1, 0.15) is 5.69 Å². The zero-order valence-electron chi connectivity index (χ0n) is 12.0. The van der Waals surface area contributed by atoms with Gasteiger partial charge in [0.05, 0.1) is 6.61 Å². The fraction of sp³-hybridized carbons (Fsp3) is 0.308. The molecule has 1 amide bonds. The normalized spacial score (nSPS) is 11.4. The van der Waals surface area contributed by atoms with Crippen LogP contribution in [0.2, 0.25) is 0 Å². The first-order valence-corrected chi connectivity index (χ1v) is 6.16. The average Bonchev–Trinajstić information content (AvgIpc) is 2.40. The lowest BCUT2D eigenvalue weighted by Crippen LogP contribution is -2.31. The first-order chi connectivity index (χ1) is 10.3. The van der Waals surface area contributed by atoms with Crippen LogP contribution in [0.25, 0.3) is 0 Å². The van der Waals surface area contributed by atoms with E-state index in [2.05, 4.69) is 21.9 Å². The minimum Gasteiger partial charge on any atom is -0.428 e. The van der Waals surface area contributed by atoms with Crippen molar-refractivity contribution in [3.8, 4) is 0 Å². The molecular formula is C13H15N3O6. The van der Waals surface area contributed by atoms with Gasteiger partial charge in [-0.2, -0.15) is 0 Å². The first kappa shape index (κ1) is 17.2. The van der Waals surface area contributed by atoms with Crippen LogP contribution in [0, 0.1) is 0 Å². The number of ether oxygens (including phenoxy) is 2. The van der Waals surface area contributed by atoms with Crippen molar-refractivity contribution in [1.29, 1.82) is 0 Å². The van der Waals surface area contributed by atoms with Crippen molar-refractivity contribution in [1.82, 2.24) is 9.97 Å². The molecule has 118 valence electrons. The molecule has 9 heteroatoms. The molecule has 2 N–H and O–H groups in total. The van der Waals surface area contributed by atoms with Crippen LogP contribution in [-0.2, 0) is 19.1 Å². The number of carbonyl (C=O) groups excluding carboxylic acids is 3. The van der Waals surface area contributed by atoms with E-state index >= 15 is 0 Å². The molecule has 1 rings (SSSR count). The Labute approximate surface area is 125 Å². The summed E-state index contributed by atoms with van der Waals surface area (Å²) >= 11 is 0. The van der Waals surface area contributed by atoms with E-state index in [1.807, 2.05) is 0 Å². The summed E-state index contributed by atoms with van der Waals surface area (Å²) in [5, 5.41) is 2.24. The summed E-state index contributed by atoms with van der Waals surface area (Å²) in [4.78, 5) is 51.7. The number of esters is 1. The van der Waals surface area contributed by atoms with Crippen molar-refractivity contribution in [3.05, 3.63) is 34.8 Å². The van der Waals surface area contributed by atoms with Gasteiger partial charge in [-0.3, -0.25) is 29.5 Å². The van der Waals surface area contributed by atoms with E-state index in [-0.39, 0.29) is 18.2 Å². The lowest BCUT2D eigenvalue weighted by atomic mass is 10.2. The minimum absolute atomic E-state index is 0.0502. The van der Waals surface area contributed by atoms with Gasteiger partial charge in [-0.25, -0.2) is 4.98 Å². The van der Waals surface area contributed by atoms with Gasteiger partial charge >= 0.3 is 5.97 Å². The maximum Gasteiger partial charge on any atom is 0.305 e. The van der Waals surface area contributed by atoms with Gasteiger partial charge in [-0.15, -0.1) is 6.58 Å². The molecule has 0 aliphatic carbocycles. The fourth-order valence-electron chi connectivity index (χ4n) is 1.40. The lowest BCUT2D eigenvalue weighted by molar-refractivity contribution is -0.164. The van der Waals surface area contributed by atoms with Crippen LogP contribution < -0.4 is 10.9 Å². The number of aromatic amines is 1. The number of carbonyl (C=O) groups is 3. The Morgan fingerprint density at radius 2 is 2.14 bits per heavy atom. The third-order valence-corrected chi connectivity index (χ3v) is 2.14. The second-order valence-electron chi connectivity index (χ2n) is 4.09. The summed E-state index contributed by atoms with van der Waals surface area (Å²) in [6.07, 6.45) is -0.201. The molecule has 0 aromatic carbocycles. The second kappa shape index (κ2) is 7.84. The van der Waals surface area contributed by atoms with Crippen molar-refractivity contribution in [2.24, 2.45) is 0 Å². The van der Waals surface area contributed by atoms with Crippen molar-refractivity contribution in [2.75, 3.05) is 11.9 Å². The van der Waals surface area contributed by atoms with E-state index in [0.29, 0.717) is 0 Å². The zero-order valence-corrected chi connectivity index (χ0v) is 12.0. The number of aromatic nitrogens is 2. The maximum absolute atomic E-state index is 12.2. The molecule has 0 saturated heterocycles. The molecule has 1 atom stereocenters. The van der Waals surface area contributed by atoms with Gasteiger partial charge in [0.15, 0.2) is 0 Å². The van der Waals surface area contributed by atoms with Crippen molar-refractivity contribution in [2.45, 2.75) is 20.1 Å². The molecule has 9 nitrogen and oxygen atoms in total. The molecule has 0 radical (unpaired) electrons. The topological polar surface area (TPSA) is 127 Å². The second-order valence-corrected chi connectivity index (χ2v) is 4.09. The van der Waals surface area contributed by atoms with Crippen LogP contribution in [0.15, 0.2) is 23.5 Å². The number of nitrogens with zero attached hydrogens (tertiary/aromatic N) is 1. The summed E-state index contributed by atoms with van der Waals surface area (Å²) in [5.74, 6) is -2.26. The first-order valence-electron chi connectivity index (χ1n) is 6.16. The van der Waals surface area contributed by atoms with Crippen LogP contribution in [0.4, 0.5) is 5.95 Å². The van der Waals surface area contributed by atoms with E-state index in [1.165, 1.54) is 13.0 Å². The molecule has 22 heavy (non-hydrogen) atoms. The van der Waals surface area contributed by atoms with E-state index in [0.717, 1.165) is 13.0 Å². The Kier molecular flexibility index (Phi) is 6.14. The van der Waals surface area contributed by atoms with Gasteiger partial charge in [-0.05, 0) is 0 Å². The number of amides is 1. The fourth-order valence-corrected chi connectivity index (χ4v) is 1.40. The number of H-pyrrole nitrogens is 1. The van der Waals surface area contributed by atoms with Crippen LogP contribution in [-0.4, -0.2) is 40.5 Å². The highest BCUT2D eigenvalue weighted by atomic mass is 16.7. The van der Waals surface area contributed by atoms with Gasteiger partial charge in [0, 0.05) is 19.9 Å². The molecule has 0 aliphatic heterocycles. The Morgan fingerprint density at radius 1 is 1.45 bits per heavy atom. The van der Waals surface area contributed by atoms with Crippen LogP contribution in [0.5, 0.6) is 0 Å². The number of ketones is 1. The van der Waals surface area contributed by atoms with E-state index in [4.69, 9.17) is 9.47 Å². The van der Waals surface area contributed by atoms with Gasteiger partial charge in [0.2, 0.25) is 17.6 Å². The summed E-state index contributed by atoms with van der Waals surface area (Å²) in [6.45, 7) is 5.67. The number of hydrogen-bond acceptors (Lipinski definition) is 7.